The molecule has 0 heterocycles. The topological polar surface area (TPSA) is 17.1 Å². The van der Waals surface area contributed by atoms with Crippen molar-refractivity contribution in [2.75, 3.05) is 5.88 Å². The minimum absolute atomic E-state index is 0.141. The lowest BCUT2D eigenvalue weighted by molar-refractivity contribution is 0.0976. The average molecular weight is 229 g/mol. The van der Waals surface area contributed by atoms with E-state index in [4.69, 9.17) is 11.6 Å². The minimum atomic E-state index is -0.425. The highest BCUT2D eigenvalue weighted by molar-refractivity contribution is 6.17. The van der Waals surface area contributed by atoms with Crippen molar-refractivity contribution in [1.82, 2.24) is 0 Å². The normalized spacial score (nSPS) is 10.3. The molecular weight excluding hydrogens is 215 g/mol. The predicted octanol–water partition coefficient (Wildman–Crippen LogP) is 3.73. The predicted molar refractivity (Wildman–Crippen MR) is 60.0 cm³/mol. The largest absolute Gasteiger partial charge is 0.294 e. The van der Waals surface area contributed by atoms with Gasteiger partial charge in [0, 0.05) is 12.3 Å². The fraction of sp³-hybridized carbons (Fsp3) is 0.417. The highest BCUT2D eigenvalue weighted by atomic mass is 35.5. The zero-order chi connectivity index (χ0) is 11.3. The van der Waals surface area contributed by atoms with Crippen LogP contribution in [-0.4, -0.2) is 11.7 Å². The second-order valence-corrected chi connectivity index (χ2v) is 3.93. The highest BCUT2D eigenvalue weighted by Crippen LogP contribution is 2.13. The Bertz CT molecular complexity index is 349. The number of halogens is 2. The van der Waals surface area contributed by atoms with E-state index < -0.39 is 5.82 Å². The first kappa shape index (κ1) is 12.2. The maximum atomic E-state index is 13.4. The number of alkyl halides is 1. The smallest absolute Gasteiger partial charge is 0.165 e. The lowest BCUT2D eigenvalue weighted by atomic mass is 10.0. The molecule has 1 rings (SSSR count). The summed E-state index contributed by atoms with van der Waals surface area (Å²) in [6.07, 6.45) is 1.88. The van der Waals surface area contributed by atoms with Crippen molar-refractivity contribution in [1.29, 1.82) is 0 Å². The molecule has 15 heavy (non-hydrogen) atoms. The molecule has 0 unspecified atom stereocenters. The first-order valence-electron chi connectivity index (χ1n) is 5.00. The van der Waals surface area contributed by atoms with Gasteiger partial charge in [-0.2, -0.15) is 0 Å². The van der Waals surface area contributed by atoms with Crippen molar-refractivity contribution in [2.45, 2.75) is 26.2 Å². The van der Waals surface area contributed by atoms with Crippen LogP contribution in [0.4, 0.5) is 4.39 Å². The number of benzene rings is 1. The number of carbonyl (C=O) groups is 1. The first-order valence-corrected chi connectivity index (χ1v) is 5.54. The Morgan fingerprint density at radius 3 is 2.73 bits per heavy atom. The van der Waals surface area contributed by atoms with Gasteiger partial charge in [0.2, 0.25) is 0 Å². The van der Waals surface area contributed by atoms with Crippen molar-refractivity contribution < 1.29 is 9.18 Å². The summed E-state index contributed by atoms with van der Waals surface area (Å²) in [6.45, 7) is 1.80. The Labute approximate surface area is 94.3 Å². The molecule has 1 nitrogen and oxygen atoms in total. The molecule has 0 bridgehead atoms. The van der Waals surface area contributed by atoms with Crippen LogP contribution in [0.15, 0.2) is 18.2 Å². The zero-order valence-corrected chi connectivity index (χ0v) is 9.48. The van der Waals surface area contributed by atoms with Crippen molar-refractivity contribution in [3.05, 3.63) is 35.1 Å². The highest BCUT2D eigenvalue weighted by Gasteiger charge is 2.10. The van der Waals surface area contributed by atoms with Crippen LogP contribution in [0.2, 0.25) is 0 Å². The number of Topliss-reactive ketones (excluding diaryl/α,β-unsaturated/α-hetero) is 1. The molecule has 0 saturated carbocycles. The molecule has 0 saturated heterocycles. The number of hydrogen-bond donors (Lipinski definition) is 0. The second kappa shape index (κ2) is 5.86. The second-order valence-electron chi connectivity index (χ2n) is 3.55. The zero-order valence-electron chi connectivity index (χ0n) is 8.72. The summed E-state index contributed by atoms with van der Waals surface area (Å²) < 4.78 is 13.4. The molecule has 82 valence electrons. The van der Waals surface area contributed by atoms with E-state index in [0.717, 1.165) is 18.4 Å². The van der Waals surface area contributed by atoms with Crippen LogP contribution < -0.4 is 0 Å². The Kier molecular flexibility index (Phi) is 4.76. The van der Waals surface area contributed by atoms with Crippen LogP contribution in [-0.2, 0) is 0 Å². The monoisotopic (exact) mass is 228 g/mol. The number of rotatable bonds is 5. The minimum Gasteiger partial charge on any atom is -0.294 e. The molecule has 0 fully saturated rings. The van der Waals surface area contributed by atoms with Crippen LogP contribution in [0, 0.1) is 12.7 Å². The number of aryl methyl sites for hydroxylation is 1. The number of unbranched alkanes of at least 4 members (excludes halogenated alkanes) is 1. The molecule has 0 aliphatic rings. The molecule has 0 aromatic heterocycles. The lowest BCUT2D eigenvalue weighted by Gasteiger charge is -2.02. The van der Waals surface area contributed by atoms with E-state index in [1.807, 2.05) is 0 Å². The summed E-state index contributed by atoms with van der Waals surface area (Å²) in [5.41, 5.74) is 1.01. The van der Waals surface area contributed by atoms with Gasteiger partial charge in [-0.25, -0.2) is 4.39 Å². The molecule has 0 N–H and O–H groups in total. The van der Waals surface area contributed by atoms with Crippen molar-refractivity contribution in [3.63, 3.8) is 0 Å². The van der Waals surface area contributed by atoms with Crippen molar-refractivity contribution in [3.8, 4) is 0 Å². The maximum absolute atomic E-state index is 13.4. The third-order valence-corrected chi connectivity index (χ3v) is 2.48. The van der Waals surface area contributed by atoms with E-state index in [2.05, 4.69) is 0 Å². The summed E-state index contributed by atoms with van der Waals surface area (Å²) in [7, 11) is 0. The van der Waals surface area contributed by atoms with Crippen molar-refractivity contribution >= 4 is 17.4 Å². The number of ketones is 1. The van der Waals surface area contributed by atoms with Gasteiger partial charge in [-0.15, -0.1) is 11.6 Å². The molecule has 3 heteroatoms. The molecule has 0 radical (unpaired) electrons. The SMILES string of the molecule is Cc1ccc(C(=O)CCCCCl)c(F)c1. The Morgan fingerprint density at radius 1 is 1.40 bits per heavy atom. The van der Waals surface area contributed by atoms with E-state index in [0.29, 0.717) is 12.3 Å². The first-order chi connectivity index (χ1) is 7.15. The van der Waals surface area contributed by atoms with Crippen LogP contribution in [0.1, 0.15) is 35.2 Å². The molecule has 0 aliphatic carbocycles. The summed E-state index contributed by atoms with van der Waals surface area (Å²) in [4.78, 5) is 11.6. The fourth-order valence-electron chi connectivity index (χ4n) is 1.36. The molecular formula is C12H14ClFO. The van der Waals surface area contributed by atoms with Crippen LogP contribution >= 0.6 is 11.6 Å². The van der Waals surface area contributed by atoms with Gasteiger partial charge in [0.05, 0.1) is 5.56 Å². The van der Waals surface area contributed by atoms with Gasteiger partial charge in [-0.05, 0) is 37.5 Å². The Morgan fingerprint density at radius 2 is 2.13 bits per heavy atom. The summed E-state index contributed by atoms with van der Waals surface area (Å²) in [6, 6.07) is 4.68. The van der Waals surface area contributed by atoms with E-state index in [9.17, 15) is 9.18 Å². The van der Waals surface area contributed by atoms with Gasteiger partial charge in [0.1, 0.15) is 5.82 Å². The van der Waals surface area contributed by atoms with Crippen LogP contribution in [0.5, 0.6) is 0 Å². The molecule has 0 amide bonds. The summed E-state index contributed by atoms with van der Waals surface area (Å²) in [5, 5.41) is 0. The summed E-state index contributed by atoms with van der Waals surface area (Å²) in [5.74, 6) is -0.0209. The quantitative estimate of drug-likeness (QED) is 0.426. The third kappa shape index (κ3) is 3.63. The maximum Gasteiger partial charge on any atom is 0.165 e. The Balaban J connectivity index is 2.65. The fourth-order valence-corrected chi connectivity index (χ4v) is 1.55. The van der Waals surface area contributed by atoms with Gasteiger partial charge in [0.15, 0.2) is 5.78 Å². The molecule has 1 aromatic carbocycles. The van der Waals surface area contributed by atoms with E-state index >= 15 is 0 Å². The van der Waals surface area contributed by atoms with E-state index in [1.165, 1.54) is 6.07 Å². The average Bonchev–Trinajstić information content (AvgIpc) is 2.17. The molecule has 1 aromatic rings. The molecule has 0 spiro atoms. The van der Waals surface area contributed by atoms with Gasteiger partial charge in [-0.3, -0.25) is 4.79 Å². The van der Waals surface area contributed by atoms with Crippen molar-refractivity contribution in [2.24, 2.45) is 0 Å². The van der Waals surface area contributed by atoms with Crippen LogP contribution in [0.3, 0.4) is 0 Å². The number of hydrogen-bond acceptors (Lipinski definition) is 1. The summed E-state index contributed by atoms with van der Waals surface area (Å²) >= 11 is 5.50. The van der Waals surface area contributed by atoms with Gasteiger partial charge >= 0.3 is 0 Å². The lowest BCUT2D eigenvalue weighted by Crippen LogP contribution is -2.02. The van der Waals surface area contributed by atoms with Gasteiger partial charge in [-0.1, -0.05) is 6.07 Å². The third-order valence-electron chi connectivity index (χ3n) is 2.21. The molecule has 0 aliphatic heterocycles. The Hall–Kier alpha value is -0.890. The number of carbonyl (C=O) groups excluding carboxylic acids is 1. The van der Waals surface area contributed by atoms with Gasteiger partial charge < -0.3 is 0 Å². The molecule has 0 atom stereocenters. The van der Waals surface area contributed by atoms with Crippen LogP contribution in [0.25, 0.3) is 0 Å². The van der Waals surface area contributed by atoms with E-state index in [1.54, 1.807) is 19.1 Å². The van der Waals surface area contributed by atoms with E-state index in [-0.39, 0.29) is 11.3 Å². The standard InChI is InChI=1S/C12H14ClFO/c1-9-5-6-10(11(14)8-9)12(15)4-2-3-7-13/h5-6,8H,2-4,7H2,1H3. The van der Waals surface area contributed by atoms with Gasteiger partial charge in [0.25, 0.3) is 0 Å².